The highest BCUT2D eigenvalue weighted by atomic mass is 16.1. The fourth-order valence-electron chi connectivity index (χ4n) is 3.37. The zero-order valence-electron chi connectivity index (χ0n) is 15.9. The van der Waals surface area contributed by atoms with Crippen LogP contribution in [-0.4, -0.2) is 15.9 Å². The molecule has 0 radical (unpaired) electrons. The van der Waals surface area contributed by atoms with Crippen LogP contribution in [0.5, 0.6) is 0 Å². The van der Waals surface area contributed by atoms with Crippen molar-refractivity contribution in [2.45, 2.75) is 19.9 Å². The molecule has 0 spiro atoms. The van der Waals surface area contributed by atoms with E-state index in [9.17, 15) is 4.79 Å². The molecule has 0 saturated carbocycles. The van der Waals surface area contributed by atoms with Gasteiger partial charge >= 0.3 is 0 Å². The quantitative estimate of drug-likeness (QED) is 0.565. The van der Waals surface area contributed by atoms with E-state index in [0.29, 0.717) is 5.56 Å². The Morgan fingerprint density at radius 3 is 2.36 bits per heavy atom. The predicted molar refractivity (Wildman–Crippen MR) is 111 cm³/mol. The summed E-state index contributed by atoms with van der Waals surface area (Å²) < 4.78 is 0. The van der Waals surface area contributed by atoms with Crippen molar-refractivity contribution in [2.75, 3.05) is 0 Å². The highest BCUT2D eigenvalue weighted by molar-refractivity contribution is 5.99. The van der Waals surface area contributed by atoms with E-state index in [4.69, 9.17) is 0 Å². The summed E-state index contributed by atoms with van der Waals surface area (Å²) in [6.07, 6.45) is 3.48. The fraction of sp³-hybridized carbons (Fsp3) is 0.125. The van der Waals surface area contributed by atoms with E-state index in [2.05, 4.69) is 15.3 Å². The number of aromatic nitrogens is 2. The number of benzene rings is 2. The molecule has 2 heterocycles. The number of nitrogens with zero attached hydrogens (tertiary/aromatic N) is 2. The first-order valence-electron chi connectivity index (χ1n) is 9.25. The lowest BCUT2D eigenvalue weighted by Crippen LogP contribution is -2.30. The summed E-state index contributed by atoms with van der Waals surface area (Å²) >= 11 is 0. The minimum absolute atomic E-state index is 0.141. The smallest absolute Gasteiger partial charge is 0.253 e. The van der Waals surface area contributed by atoms with E-state index in [0.717, 1.165) is 33.3 Å². The lowest BCUT2D eigenvalue weighted by molar-refractivity contribution is 0.0942. The van der Waals surface area contributed by atoms with Crippen LogP contribution in [0.15, 0.2) is 79.1 Å². The Morgan fingerprint density at radius 1 is 0.893 bits per heavy atom. The van der Waals surface area contributed by atoms with Gasteiger partial charge in [0.15, 0.2) is 0 Å². The zero-order valence-corrected chi connectivity index (χ0v) is 15.9. The summed E-state index contributed by atoms with van der Waals surface area (Å²) in [6.45, 7) is 3.91. The maximum absolute atomic E-state index is 13.2. The van der Waals surface area contributed by atoms with Crippen LogP contribution in [0.25, 0.3) is 10.9 Å². The molecule has 0 fully saturated rings. The molecule has 1 atom stereocenters. The molecule has 0 saturated heterocycles. The van der Waals surface area contributed by atoms with Crippen molar-refractivity contribution in [1.82, 2.24) is 15.3 Å². The van der Waals surface area contributed by atoms with Gasteiger partial charge < -0.3 is 5.32 Å². The molecule has 2 aromatic heterocycles. The fourth-order valence-corrected chi connectivity index (χ4v) is 3.37. The van der Waals surface area contributed by atoms with Crippen LogP contribution in [0.1, 0.15) is 38.8 Å². The van der Waals surface area contributed by atoms with Crippen LogP contribution < -0.4 is 5.32 Å². The number of aryl methyl sites for hydroxylation is 2. The Labute approximate surface area is 164 Å². The molecule has 0 aliphatic carbocycles. The van der Waals surface area contributed by atoms with Gasteiger partial charge in [-0.1, -0.05) is 42.5 Å². The Kier molecular flexibility index (Phi) is 4.85. The Morgan fingerprint density at radius 2 is 1.61 bits per heavy atom. The van der Waals surface area contributed by atoms with Crippen molar-refractivity contribution in [1.29, 1.82) is 0 Å². The summed E-state index contributed by atoms with van der Waals surface area (Å²) in [5.74, 6) is -0.141. The van der Waals surface area contributed by atoms with Crippen LogP contribution >= 0.6 is 0 Å². The Hall–Kier alpha value is -3.53. The molecule has 4 nitrogen and oxygen atoms in total. The van der Waals surface area contributed by atoms with Crippen molar-refractivity contribution < 1.29 is 4.79 Å². The monoisotopic (exact) mass is 367 g/mol. The third-order valence-corrected chi connectivity index (χ3v) is 4.86. The highest BCUT2D eigenvalue weighted by Gasteiger charge is 2.19. The van der Waals surface area contributed by atoms with Gasteiger partial charge in [0.05, 0.1) is 22.8 Å². The molecular weight excluding hydrogens is 346 g/mol. The van der Waals surface area contributed by atoms with Crippen molar-refractivity contribution in [3.8, 4) is 0 Å². The van der Waals surface area contributed by atoms with E-state index in [-0.39, 0.29) is 11.9 Å². The largest absolute Gasteiger partial charge is 0.341 e. The normalized spacial score (nSPS) is 11.9. The summed E-state index contributed by atoms with van der Waals surface area (Å²) in [7, 11) is 0. The number of carbonyl (C=O) groups excluding carboxylic acids is 1. The predicted octanol–water partition coefficient (Wildman–Crippen LogP) is 4.77. The van der Waals surface area contributed by atoms with Gasteiger partial charge in [-0.3, -0.25) is 14.8 Å². The van der Waals surface area contributed by atoms with Gasteiger partial charge in [-0.2, -0.15) is 0 Å². The lowest BCUT2D eigenvalue weighted by Gasteiger charge is -2.20. The first kappa shape index (κ1) is 17.9. The maximum atomic E-state index is 13.2. The maximum Gasteiger partial charge on any atom is 0.253 e. The van der Waals surface area contributed by atoms with Gasteiger partial charge in [0, 0.05) is 17.8 Å². The summed E-state index contributed by atoms with van der Waals surface area (Å²) in [5.41, 5.74) is 5.37. The minimum atomic E-state index is -0.259. The molecule has 138 valence electrons. The second kappa shape index (κ2) is 7.61. The van der Waals surface area contributed by atoms with Crippen molar-refractivity contribution in [3.63, 3.8) is 0 Å². The van der Waals surface area contributed by atoms with Gasteiger partial charge in [0.25, 0.3) is 5.91 Å². The molecular formula is C24H21N3O. The lowest BCUT2D eigenvalue weighted by atomic mass is 9.99. The first-order valence-corrected chi connectivity index (χ1v) is 9.25. The van der Waals surface area contributed by atoms with Gasteiger partial charge in [-0.05, 0) is 54.8 Å². The number of hydrogen-bond donors (Lipinski definition) is 1. The molecule has 4 heteroatoms. The number of rotatable bonds is 4. The zero-order chi connectivity index (χ0) is 19.5. The Balaban J connectivity index is 1.71. The molecule has 4 rings (SSSR count). The van der Waals surface area contributed by atoms with Gasteiger partial charge in [0.1, 0.15) is 0 Å². The second-order valence-electron chi connectivity index (χ2n) is 6.92. The van der Waals surface area contributed by atoms with Gasteiger partial charge in [0.2, 0.25) is 0 Å². The number of carbonyl (C=O) groups is 1. The molecule has 0 aliphatic rings. The third-order valence-electron chi connectivity index (χ3n) is 4.86. The van der Waals surface area contributed by atoms with Crippen molar-refractivity contribution >= 4 is 16.8 Å². The number of pyridine rings is 2. The molecule has 0 bridgehead atoms. The molecule has 1 N–H and O–H groups in total. The molecule has 1 unspecified atom stereocenters. The second-order valence-corrected chi connectivity index (χ2v) is 6.92. The minimum Gasteiger partial charge on any atom is -0.341 e. The third kappa shape index (κ3) is 3.62. The highest BCUT2D eigenvalue weighted by Crippen LogP contribution is 2.23. The van der Waals surface area contributed by atoms with E-state index in [1.54, 1.807) is 12.4 Å². The van der Waals surface area contributed by atoms with E-state index in [1.165, 1.54) is 0 Å². The molecule has 1 amide bonds. The average Bonchev–Trinajstić information content (AvgIpc) is 2.72. The standard InChI is InChI=1S/C24H21N3O/c1-16-8-9-20-15-21(17(2)26-22(20)14-16)24(28)27-23(18-6-4-3-5-7-18)19-10-12-25-13-11-19/h3-15,23H,1-2H3,(H,27,28). The number of fused-ring (bicyclic) bond motifs is 1. The summed E-state index contributed by atoms with van der Waals surface area (Å²) in [5, 5.41) is 4.14. The van der Waals surface area contributed by atoms with Gasteiger partial charge in [-0.15, -0.1) is 0 Å². The number of nitrogens with one attached hydrogen (secondary N) is 1. The van der Waals surface area contributed by atoms with Crippen LogP contribution in [0.3, 0.4) is 0 Å². The van der Waals surface area contributed by atoms with Crippen molar-refractivity contribution in [2.24, 2.45) is 0 Å². The van der Waals surface area contributed by atoms with Crippen LogP contribution in [0, 0.1) is 13.8 Å². The average molecular weight is 367 g/mol. The van der Waals surface area contributed by atoms with Crippen LogP contribution in [-0.2, 0) is 0 Å². The Bertz CT molecular complexity index is 1090. The van der Waals surface area contributed by atoms with Crippen molar-refractivity contribution in [3.05, 3.63) is 107 Å². The summed E-state index contributed by atoms with van der Waals surface area (Å²) in [4.78, 5) is 21.9. The number of hydrogen-bond acceptors (Lipinski definition) is 3. The molecule has 28 heavy (non-hydrogen) atoms. The topological polar surface area (TPSA) is 54.9 Å². The van der Waals surface area contributed by atoms with E-state index >= 15 is 0 Å². The summed E-state index contributed by atoms with van der Waals surface area (Å²) in [6, 6.07) is 21.5. The SMILES string of the molecule is Cc1ccc2cc(C(=O)NC(c3ccccc3)c3ccncc3)c(C)nc2c1. The number of amides is 1. The van der Waals surface area contributed by atoms with E-state index < -0.39 is 0 Å². The molecule has 0 aliphatic heterocycles. The molecule has 2 aromatic carbocycles. The van der Waals surface area contributed by atoms with Crippen LogP contribution in [0.2, 0.25) is 0 Å². The van der Waals surface area contributed by atoms with E-state index in [1.807, 2.05) is 80.6 Å². The molecule has 4 aromatic rings. The van der Waals surface area contributed by atoms with Gasteiger partial charge in [-0.25, -0.2) is 0 Å². The first-order chi connectivity index (χ1) is 13.6. The van der Waals surface area contributed by atoms with Crippen LogP contribution in [0.4, 0.5) is 0 Å².